The average Bonchev–Trinajstić information content (AvgIpc) is 2.32. The van der Waals surface area contributed by atoms with E-state index >= 15 is 0 Å². The van der Waals surface area contributed by atoms with Crippen LogP contribution in [0.5, 0.6) is 0 Å². The molecule has 0 saturated carbocycles. The topological polar surface area (TPSA) is 63.2 Å². The molecule has 1 aromatic carbocycles. The van der Waals surface area contributed by atoms with E-state index in [-0.39, 0.29) is 11.3 Å². The van der Waals surface area contributed by atoms with Gasteiger partial charge in [-0.3, -0.25) is 4.79 Å². The van der Waals surface area contributed by atoms with E-state index < -0.39 is 9.84 Å². The van der Waals surface area contributed by atoms with E-state index in [4.69, 9.17) is 0 Å². The number of hydrogen-bond acceptors (Lipinski definition) is 3. The molecule has 1 aliphatic rings. The van der Waals surface area contributed by atoms with Crippen molar-refractivity contribution >= 4 is 15.7 Å². The molecular formula is C13H17NO3S. The number of benzene rings is 1. The van der Waals surface area contributed by atoms with Crippen LogP contribution in [0.15, 0.2) is 29.2 Å². The highest BCUT2D eigenvalue weighted by Gasteiger charge is 2.31. The Morgan fingerprint density at radius 2 is 1.83 bits per heavy atom. The van der Waals surface area contributed by atoms with Gasteiger partial charge in [-0.1, -0.05) is 19.1 Å². The van der Waals surface area contributed by atoms with Gasteiger partial charge in [-0.15, -0.1) is 0 Å². The molecule has 0 spiro atoms. The maximum Gasteiger partial charge on any atom is 0.220 e. The molecule has 1 fully saturated rings. The molecule has 1 aliphatic heterocycles. The van der Waals surface area contributed by atoms with E-state index in [2.05, 4.69) is 12.2 Å². The van der Waals surface area contributed by atoms with Gasteiger partial charge < -0.3 is 5.32 Å². The van der Waals surface area contributed by atoms with Crippen molar-refractivity contribution in [2.75, 3.05) is 12.8 Å². The fourth-order valence-corrected chi connectivity index (χ4v) is 2.84. The highest BCUT2D eigenvalue weighted by molar-refractivity contribution is 7.90. The molecule has 1 N–H and O–H groups in total. The van der Waals surface area contributed by atoms with E-state index in [1.165, 1.54) is 6.26 Å². The van der Waals surface area contributed by atoms with Gasteiger partial charge in [-0.05, 0) is 24.1 Å². The van der Waals surface area contributed by atoms with Gasteiger partial charge in [0.2, 0.25) is 5.91 Å². The van der Waals surface area contributed by atoms with Crippen LogP contribution in [0, 0.1) is 0 Å². The summed E-state index contributed by atoms with van der Waals surface area (Å²) in [7, 11) is -3.15. The number of carbonyl (C=O) groups excluding carboxylic acids is 1. The first-order chi connectivity index (χ1) is 8.31. The monoisotopic (exact) mass is 267 g/mol. The third-order valence-corrected chi connectivity index (χ3v) is 4.69. The maximum absolute atomic E-state index is 11.4. The van der Waals surface area contributed by atoms with Crippen molar-refractivity contribution in [3.8, 4) is 0 Å². The first kappa shape index (κ1) is 13.1. The van der Waals surface area contributed by atoms with E-state index in [1.54, 1.807) is 12.1 Å². The van der Waals surface area contributed by atoms with Gasteiger partial charge >= 0.3 is 0 Å². The van der Waals surface area contributed by atoms with Crippen molar-refractivity contribution in [2.24, 2.45) is 0 Å². The highest BCUT2D eigenvalue weighted by atomic mass is 32.2. The molecule has 1 amide bonds. The molecule has 0 aromatic heterocycles. The third-order valence-electron chi connectivity index (χ3n) is 3.56. The molecule has 0 aliphatic carbocycles. The zero-order valence-corrected chi connectivity index (χ0v) is 11.4. The molecule has 1 unspecified atom stereocenters. The van der Waals surface area contributed by atoms with Crippen molar-refractivity contribution in [1.29, 1.82) is 0 Å². The van der Waals surface area contributed by atoms with Crippen LogP contribution in [0.25, 0.3) is 0 Å². The number of piperidine rings is 1. The fraction of sp³-hybridized carbons (Fsp3) is 0.462. The van der Waals surface area contributed by atoms with E-state index in [9.17, 15) is 13.2 Å². The normalized spacial score (nSPS) is 24.7. The molecule has 1 heterocycles. The van der Waals surface area contributed by atoms with Crippen molar-refractivity contribution in [3.63, 3.8) is 0 Å². The van der Waals surface area contributed by atoms with Crippen LogP contribution in [0.3, 0.4) is 0 Å². The second-order valence-electron chi connectivity index (χ2n) is 5.13. The summed E-state index contributed by atoms with van der Waals surface area (Å²) >= 11 is 0. The van der Waals surface area contributed by atoms with Gasteiger partial charge in [0.1, 0.15) is 0 Å². The second kappa shape index (κ2) is 4.39. The van der Waals surface area contributed by atoms with Gasteiger partial charge in [-0.25, -0.2) is 8.42 Å². The third kappa shape index (κ3) is 2.56. The van der Waals surface area contributed by atoms with Crippen molar-refractivity contribution in [2.45, 2.75) is 30.1 Å². The molecule has 1 saturated heterocycles. The lowest BCUT2D eigenvalue weighted by atomic mass is 9.76. The minimum atomic E-state index is -3.15. The van der Waals surface area contributed by atoms with E-state index in [0.717, 1.165) is 12.0 Å². The molecule has 0 bridgehead atoms. The minimum Gasteiger partial charge on any atom is -0.355 e. The number of nitrogens with one attached hydrogen (secondary N) is 1. The Kier molecular flexibility index (Phi) is 3.19. The van der Waals surface area contributed by atoms with Gasteiger partial charge in [-0.2, -0.15) is 0 Å². The SMILES string of the molecule is CC1(c2ccc(S(C)(=O)=O)cc2)CCC(=O)NC1. The molecular weight excluding hydrogens is 250 g/mol. The van der Waals surface area contributed by atoms with Gasteiger partial charge in [0, 0.05) is 24.6 Å². The Bertz CT molecular complexity index is 550. The van der Waals surface area contributed by atoms with E-state index in [0.29, 0.717) is 17.9 Å². The van der Waals surface area contributed by atoms with Crippen molar-refractivity contribution in [1.82, 2.24) is 5.32 Å². The number of rotatable bonds is 2. The predicted molar refractivity (Wildman–Crippen MR) is 69.1 cm³/mol. The molecule has 1 aromatic rings. The summed E-state index contributed by atoms with van der Waals surface area (Å²) in [6.07, 6.45) is 2.51. The van der Waals surface area contributed by atoms with Crippen molar-refractivity contribution in [3.05, 3.63) is 29.8 Å². The van der Waals surface area contributed by atoms with Gasteiger partial charge in [0.15, 0.2) is 9.84 Å². The summed E-state index contributed by atoms with van der Waals surface area (Å²) in [5, 5.41) is 2.86. The number of carbonyl (C=O) groups is 1. The quantitative estimate of drug-likeness (QED) is 0.877. The second-order valence-corrected chi connectivity index (χ2v) is 7.15. The van der Waals surface area contributed by atoms with Gasteiger partial charge in [0.25, 0.3) is 0 Å². The van der Waals surface area contributed by atoms with Crippen LogP contribution in [0.4, 0.5) is 0 Å². The lowest BCUT2D eigenvalue weighted by Crippen LogP contribution is -2.44. The summed E-state index contributed by atoms with van der Waals surface area (Å²) in [6.45, 7) is 2.69. The van der Waals surface area contributed by atoms with Crippen LogP contribution in [0.1, 0.15) is 25.3 Å². The number of hydrogen-bond donors (Lipinski definition) is 1. The molecule has 4 nitrogen and oxygen atoms in total. The standard InChI is InChI=1S/C13H17NO3S/c1-13(8-7-12(15)14-9-13)10-3-5-11(6-4-10)18(2,16)17/h3-6H,7-9H2,1-2H3,(H,14,15). The first-order valence-electron chi connectivity index (χ1n) is 5.89. The first-order valence-corrected chi connectivity index (χ1v) is 7.78. The number of amides is 1. The highest BCUT2D eigenvalue weighted by Crippen LogP contribution is 2.31. The largest absolute Gasteiger partial charge is 0.355 e. The molecule has 0 radical (unpaired) electrons. The Balaban J connectivity index is 2.27. The van der Waals surface area contributed by atoms with Crippen LogP contribution >= 0.6 is 0 Å². The summed E-state index contributed by atoms with van der Waals surface area (Å²) < 4.78 is 22.8. The zero-order valence-electron chi connectivity index (χ0n) is 10.6. The molecule has 5 heteroatoms. The Morgan fingerprint density at radius 1 is 1.22 bits per heavy atom. The molecule has 98 valence electrons. The lowest BCUT2D eigenvalue weighted by Gasteiger charge is -2.34. The predicted octanol–water partition coefficient (Wildman–Crippen LogP) is 1.26. The molecule has 1 atom stereocenters. The Hall–Kier alpha value is -1.36. The van der Waals surface area contributed by atoms with Crippen LogP contribution in [-0.2, 0) is 20.0 Å². The Morgan fingerprint density at radius 3 is 2.28 bits per heavy atom. The van der Waals surface area contributed by atoms with Crippen molar-refractivity contribution < 1.29 is 13.2 Å². The summed E-state index contributed by atoms with van der Waals surface area (Å²) in [5.74, 6) is 0.0835. The number of sulfone groups is 1. The zero-order chi connectivity index (χ0) is 13.4. The Labute approximate surface area is 107 Å². The lowest BCUT2D eigenvalue weighted by molar-refractivity contribution is -0.123. The van der Waals surface area contributed by atoms with Crippen LogP contribution < -0.4 is 5.32 Å². The van der Waals surface area contributed by atoms with E-state index in [1.807, 2.05) is 12.1 Å². The van der Waals surface area contributed by atoms with Crippen LogP contribution in [-0.4, -0.2) is 27.1 Å². The summed E-state index contributed by atoms with van der Waals surface area (Å²) in [6, 6.07) is 6.94. The molecule has 2 rings (SSSR count). The van der Waals surface area contributed by atoms with Crippen LogP contribution in [0.2, 0.25) is 0 Å². The summed E-state index contributed by atoms with van der Waals surface area (Å²) in [5.41, 5.74) is 0.958. The fourth-order valence-electron chi connectivity index (χ4n) is 2.21. The average molecular weight is 267 g/mol. The minimum absolute atomic E-state index is 0.0835. The summed E-state index contributed by atoms with van der Waals surface area (Å²) in [4.78, 5) is 11.5. The van der Waals surface area contributed by atoms with Gasteiger partial charge in [0.05, 0.1) is 4.90 Å². The smallest absolute Gasteiger partial charge is 0.220 e. The molecule has 18 heavy (non-hydrogen) atoms. The maximum atomic E-state index is 11.4.